The molecule has 5 nitrogen and oxygen atoms in total. The first-order valence-corrected chi connectivity index (χ1v) is 9.08. The average Bonchev–Trinajstić information content (AvgIpc) is 3.17. The van der Waals surface area contributed by atoms with Gasteiger partial charge in [-0.3, -0.25) is 4.79 Å². The van der Waals surface area contributed by atoms with Crippen LogP contribution in [0.4, 0.5) is 0 Å². The second-order valence-corrected chi connectivity index (χ2v) is 6.52. The normalized spacial score (nSPS) is 19.4. The molecule has 2 aromatic carbocycles. The SMILES string of the molecule is NC[C@H]1CC[C@@H](C(=O)NCc2ccccc2COCc2ccccc2)O1. The van der Waals surface area contributed by atoms with Gasteiger partial charge in [0.05, 0.1) is 19.3 Å². The molecule has 0 saturated carbocycles. The fraction of sp³-hybridized carbons (Fsp3) is 0.381. The predicted octanol–water partition coefficient (Wildman–Crippen LogP) is 2.53. The van der Waals surface area contributed by atoms with Crippen molar-refractivity contribution in [1.29, 1.82) is 0 Å². The molecule has 2 aromatic rings. The number of nitrogens with one attached hydrogen (secondary N) is 1. The Morgan fingerprint density at radius 1 is 1.04 bits per heavy atom. The molecule has 1 amide bonds. The van der Waals surface area contributed by atoms with Gasteiger partial charge in [0.15, 0.2) is 0 Å². The van der Waals surface area contributed by atoms with E-state index in [4.69, 9.17) is 15.2 Å². The van der Waals surface area contributed by atoms with Crippen LogP contribution in [-0.2, 0) is 34.0 Å². The topological polar surface area (TPSA) is 73.6 Å². The van der Waals surface area contributed by atoms with Crippen LogP contribution in [0.25, 0.3) is 0 Å². The minimum atomic E-state index is -0.384. The van der Waals surface area contributed by atoms with E-state index in [1.165, 1.54) is 0 Å². The Morgan fingerprint density at radius 3 is 2.50 bits per heavy atom. The molecule has 138 valence electrons. The van der Waals surface area contributed by atoms with Gasteiger partial charge in [-0.25, -0.2) is 0 Å². The van der Waals surface area contributed by atoms with Crippen LogP contribution in [0.2, 0.25) is 0 Å². The largest absolute Gasteiger partial charge is 0.372 e. The molecule has 0 bridgehead atoms. The first-order chi connectivity index (χ1) is 12.8. The molecule has 0 radical (unpaired) electrons. The van der Waals surface area contributed by atoms with Crippen molar-refractivity contribution < 1.29 is 14.3 Å². The first-order valence-electron chi connectivity index (χ1n) is 9.08. The molecule has 1 aliphatic heterocycles. The van der Waals surface area contributed by atoms with Crippen LogP contribution in [0.3, 0.4) is 0 Å². The van der Waals surface area contributed by atoms with E-state index in [0.717, 1.165) is 29.5 Å². The third kappa shape index (κ3) is 5.14. The maximum atomic E-state index is 12.3. The highest BCUT2D eigenvalue weighted by Crippen LogP contribution is 2.19. The van der Waals surface area contributed by atoms with Crippen molar-refractivity contribution in [2.75, 3.05) is 6.54 Å². The second-order valence-electron chi connectivity index (χ2n) is 6.52. The molecule has 3 N–H and O–H groups in total. The zero-order valence-electron chi connectivity index (χ0n) is 14.9. The van der Waals surface area contributed by atoms with Gasteiger partial charge in [-0.15, -0.1) is 0 Å². The van der Waals surface area contributed by atoms with Crippen LogP contribution >= 0.6 is 0 Å². The summed E-state index contributed by atoms with van der Waals surface area (Å²) in [5.74, 6) is -0.0686. The van der Waals surface area contributed by atoms with Gasteiger partial charge in [0, 0.05) is 13.1 Å². The third-order valence-electron chi connectivity index (χ3n) is 4.60. The molecule has 1 saturated heterocycles. The van der Waals surface area contributed by atoms with Gasteiger partial charge in [-0.1, -0.05) is 54.6 Å². The third-order valence-corrected chi connectivity index (χ3v) is 4.60. The van der Waals surface area contributed by atoms with Crippen LogP contribution in [0.5, 0.6) is 0 Å². The lowest BCUT2D eigenvalue weighted by Gasteiger charge is -2.14. The molecule has 0 spiro atoms. The number of rotatable bonds is 8. The standard InChI is InChI=1S/C21H26N2O3/c22-12-19-10-11-20(26-19)21(24)23-13-17-8-4-5-9-18(17)15-25-14-16-6-2-1-3-7-16/h1-9,19-20H,10-15,22H2,(H,23,24)/t19-,20+/m1/s1. The molecule has 1 fully saturated rings. The Morgan fingerprint density at radius 2 is 1.77 bits per heavy atom. The van der Waals surface area contributed by atoms with Crippen molar-refractivity contribution in [2.24, 2.45) is 5.73 Å². The van der Waals surface area contributed by atoms with E-state index in [9.17, 15) is 4.79 Å². The summed E-state index contributed by atoms with van der Waals surface area (Å²) in [6, 6.07) is 18.1. The maximum Gasteiger partial charge on any atom is 0.249 e. The smallest absolute Gasteiger partial charge is 0.249 e. The monoisotopic (exact) mass is 354 g/mol. The molecule has 0 unspecified atom stereocenters. The second kappa shape index (κ2) is 9.48. The lowest BCUT2D eigenvalue weighted by molar-refractivity contribution is -0.132. The Hall–Kier alpha value is -2.21. The van der Waals surface area contributed by atoms with Crippen LogP contribution in [0.1, 0.15) is 29.5 Å². The zero-order chi connectivity index (χ0) is 18.2. The lowest BCUT2D eigenvalue weighted by Crippen LogP contribution is -2.35. The molecule has 5 heteroatoms. The molecule has 0 aliphatic carbocycles. The van der Waals surface area contributed by atoms with Crippen LogP contribution in [0, 0.1) is 0 Å². The summed E-state index contributed by atoms with van der Waals surface area (Å²) < 4.78 is 11.5. The number of benzene rings is 2. The number of nitrogens with two attached hydrogens (primary N) is 1. The van der Waals surface area contributed by atoms with Crippen molar-refractivity contribution in [3.63, 3.8) is 0 Å². The summed E-state index contributed by atoms with van der Waals surface area (Å²) >= 11 is 0. The van der Waals surface area contributed by atoms with Crippen LogP contribution in [-0.4, -0.2) is 24.7 Å². The number of carbonyl (C=O) groups is 1. The quantitative estimate of drug-likeness (QED) is 0.764. The Balaban J connectivity index is 1.50. The van der Waals surface area contributed by atoms with Gasteiger partial charge in [0.1, 0.15) is 6.10 Å². The summed E-state index contributed by atoms with van der Waals surface area (Å²) in [7, 11) is 0. The van der Waals surface area contributed by atoms with E-state index in [1.54, 1.807) is 0 Å². The van der Waals surface area contributed by atoms with E-state index in [1.807, 2.05) is 54.6 Å². The number of hydrogen-bond acceptors (Lipinski definition) is 4. The average molecular weight is 354 g/mol. The molecule has 26 heavy (non-hydrogen) atoms. The Bertz CT molecular complexity index is 705. The van der Waals surface area contributed by atoms with Gasteiger partial charge in [0.2, 0.25) is 5.91 Å². The van der Waals surface area contributed by atoms with Crippen LogP contribution < -0.4 is 11.1 Å². The van der Waals surface area contributed by atoms with E-state index >= 15 is 0 Å². The fourth-order valence-corrected chi connectivity index (χ4v) is 3.09. The van der Waals surface area contributed by atoms with Gasteiger partial charge in [-0.2, -0.15) is 0 Å². The summed E-state index contributed by atoms with van der Waals surface area (Å²) in [6.07, 6.45) is 1.20. The summed E-state index contributed by atoms with van der Waals surface area (Å²) in [5.41, 5.74) is 8.88. The minimum Gasteiger partial charge on any atom is -0.372 e. The maximum absolute atomic E-state index is 12.3. The van der Waals surface area contributed by atoms with Crippen molar-refractivity contribution in [3.05, 3.63) is 71.3 Å². The lowest BCUT2D eigenvalue weighted by atomic mass is 10.1. The molecular weight excluding hydrogens is 328 g/mol. The van der Waals surface area contributed by atoms with E-state index in [-0.39, 0.29) is 18.1 Å². The number of hydrogen-bond donors (Lipinski definition) is 2. The Kier molecular flexibility index (Phi) is 6.77. The summed E-state index contributed by atoms with van der Waals surface area (Å²) in [5, 5.41) is 2.97. The van der Waals surface area contributed by atoms with E-state index in [0.29, 0.717) is 26.3 Å². The zero-order valence-corrected chi connectivity index (χ0v) is 14.9. The van der Waals surface area contributed by atoms with E-state index in [2.05, 4.69) is 5.32 Å². The van der Waals surface area contributed by atoms with Gasteiger partial charge >= 0.3 is 0 Å². The summed E-state index contributed by atoms with van der Waals surface area (Å²) in [4.78, 5) is 12.3. The van der Waals surface area contributed by atoms with Crippen molar-refractivity contribution in [2.45, 2.75) is 44.8 Å². The fourth-order valence-electron chi connectivity index (χ4n) is 3.09. The number of carbonyl (C=O) groups excluding carboxylic acids is 1. The highest BCUT2D eigenvalue weighted by molar-refractivity contribution is 5.81. The van der Waals surface area contributed by atoms with Gasteiger partial charge in [-0.05, 0) is 29.5 Å². The summed E-state index contributed by atoms with van der Waals surface area (Å²) in [6.45, 7) is 2.01. The van der Waals surface area contributed by atoms with Crippen molar-refractivity contribution >= 4 is 5.91 Å². The van der Waals surface area contributed by atoms with Crippen molar-refractivity contribution in [1.82, 2.24) is 5.32 Å². The van der Waals surface area contributed by atoms with Crippen molar-refractivity contribution in [3.8, 4) is 0 Å². The van der Waals surface area contributed by atoms with Crippen LogP contribution in [0.15, 0.2) is 54.6 Å². The highest BCUT2D eigenvalue weighted by Gasteiger charge is 2.29. The molecule has 3 rings (SSSR count). The Labute approximate surface area is 154 Å². The number of ether oxygens (including phenoxy) is 2. The molecule has 0 aromatic heterocycles. The molecule has 1 heterocycles. The highest BCUT2D eigenvalue weighted by atomic mass is 16.5. The van der Waals surface area contributed by atoms with Gasteiger partial charge in [0.25, 0.3) is 0 Å². The predicted molar refractivity (Wildman–Crippen MR) is 100 cm³/mol. The number of amides is 1. The van der Waals surface area contributed by atoms with Gasteiger partial charge < -0.3 is 20.5 Å². The molecule has 2 atom stereocenters. The minimum absolute atomic E-state index is 0.00410. The molecule has 1 aliphatic rings. The first kappa shape index (κ1) is 18.6. The van der Waals surface area contributed by atoms with E-state index < -0.39 is 0 Å². The molecular formula is C21H26N2O3.